The zero-order valence-electron chi connectivity index (χ0n) is 15.4. The van der Waals surface area contributed by atoms with Crippen LogP contribution in [0.25, 0.3) is 0 Å². The second-order valence-corrected chi connectivity index (χ2v) is 7.90. The molecule has 0 spiro atoms. The number of aliphatic imine (C=N–C) groups is 1. The van der Waals surface area contributed by atoms with E-state index in [-0.39, 0.29) is 46.3 Å². The van der Waals surface area contributed by atoms with Gasteiger partial charge in [-0.05, 0) is 42.8 Å². The molecule has 3 N–H and O–H groups in total. The molecular weight excluding hydrogens is 522 g/mol. The van der Waals surface area contributed by atoms with Crippen molar-refractivity contribution < 1.29 is 26.3 Å². The van der Waals surface area contributed by atoms with Gasteiger partial charge in [-0.1, -0.05) is 25.1 Å². The van der Waals surface area contributed by atoms with Gasteiger partial charge in [0.05, 0.1) is 16.7 Å². The van der Waals surface area contributed by atoms with Crippen molar-refractivity contribution in [1.29, 1.82) is 0 Å². The molecule has 0 amide bonds. The third kappa shape index (κ3) is 8.48. The summed E-state index contributed by atoms with van der Waals surface area (Å²) in [6.45, 7) is 1.78. The Labute approximate surface area is 184 Å². The van der Waals surface area contributed by atoms with E-state index in [2.05, 4.69) is 15.0 Å². The highest BCUT2D eigenvalue weighted by molar-refractivity contribution is 14.0. The fraction of sp³-hybridized carbons (Fsp3) is 0.278. The summed E-state index contributed by atoms with van der Waals surface area (Å²) in [6, 6.07) is 12.4. The molecule has 0 aromatic heterocycles. The van der Waals surface area contributed by atoms with Crippen molar-refractivity contribution in [3.05, 3.63) is 54.6 Å². The predicted octanol–water partition coefficient (Wildman–Crippen LogP) is 4.18. The molecule has 2 aromatic rings. The van der Waals surface area contributed by atoms with Gasteiger partial charge in [0.25, 0.3) is 0 Å². The summed E-state index contributed by atoms with van der Waals surface area (Å²) in [4.78, 5) is 4.38. The Morgan fingerprint density at radius 1 is 1.14 bits per heavy atom. The van der Waals surface area contributed by atoms with Gasteiger partial charge in [-0.15, -0.1) is 37.1 Å². The molecule has 0 radical (unpaired) electrons. The van der Waals surface area contributed by atoms with E-state index in [1.807, 2.05) is 0 Å². The van der Waals surface area contributed by atoms with Crippen molar-refractivity contribution in [3.63, 3.8) is 0 Å². The van der Waals surface area contributed by atoms with E-state index < -0.39 is 22.2 Å². The summed E-state index contributed by atoms with van der Waals surface area (Å²) in [6.07, 6.45) is -4.33. The molecule has 2 aromatic carbocycles. The van der Waals surface area contributed by atoms with E-state index in [1.54, 1.807) is 25.1 Å². The number of sulfone groups is 1. The van der Waals surface area contributed by atoms with E-state index in [9.17, 15) is 21.6 Å². The van der Waals surface area contributed by atoms with Gasteiger partial charge in [0, 0.05) is 5.69 Å². The van der Waals surface area contributed by atoms with Gasteiger partial charge in [0.1, 0.15) is 5.75 Å². The van der Waals surface area contributed by atoms with Crippen LogP contribution in [-0.2, 0) is 9.84 Å². The Morgan fingerprint density at radius 3 is 2.24 bits per heavy atom. The molecule has 0 saturated carbocycles. The van der Waals surface area contributed by atoms with Crippen LogP contribution in [-0.4, -0.2) is 32.5 Å². The Bertz CT molecular complexity index is 905. The molecule has 160 valence electrons. The van der Waals surface area contributed by atoms with E-state index in [0.717, 1.165) is 12.1 Å². The second kappa shape index (κ2) is 10.7. The SMILES string of the molecule is CCC(CS(=O)(=O)c1ccccc1)N=C(N)Nc1ccc(OC(F)(F)F)cc1.I. The van der Waals surface area contributed by atoms with E-state index in [0.29, 0.717) is 12.1 Å². The summed E-state index contributed by atoms with van der Waals surface area (Å²) in [5.41, 5.74) is 6.20. The maximum absolute atomic E-state index is 12.5. The fourth-order valence-electron chi connectivity index (χ4n) is 2.34. The lowest BCUT2D eigenvalue weighted by atomic mass is 10.3. The molecule has 0 aliphatic heterocycles. The Balaban J connectivity index is 0.00000420. The third-order valence-corrected chi connectivity index (χ3v) is 5.48. The van der Waals surface area contributed by atoms with Crippen molar-refractivity contribution in [3.8, 4) is 5.75 Å². The molecule has 2 rings (SSSR count). The molecule has 0 saturated heterocycles. The molecule has 0 heterocycles. The minimum Gasteiger partial charge on any atom is -0.406 e. The van der Waals surface area contributed by atoms with Gasteiger partial charge in [-0.3, -0.25) is 0 Å². The zero-order chi connectivity index (χ0) is 20.8. The maximum atomic E-state index is 12.5. The Morgan fingerprint density at radius 2 is 1.72 bits per heavy atom. The van der Waals surface area contributed by atoms with Gasteiger partial charge in [-0.2, -0.15) is 0 Å². The Kier molecular flexibility index (Phi) is 9.20. The summed E-state index contributed by atoms with van der Waals surface area (Å²) in [7, 11) is -3.53. The number of ether oxygens (including phenoxy) is 1. The van der Waals surface area contributed by atoms with Crippen LogP contribution in [0.1, 0.15) is 13.3 Å². The molecule has 1 unspecified atom stereocenters. The van der Waals surface area contributed by atoms with Crippen molar-refractivity contribution in [2.45, 2.75) is 30.6 Å². The van der Waals surface area contributed by atoms with Gasteiger partial charge in [0.15, 0.2) is 15.8 Å². The van der Waals surface area contributed by atoms with E-state index in [4.69, 9.17) is 5.73 Å². The minimum absolute atomic E-state index is 0. The average molecular weight is 543 g/mol. The number of guanidine groups is 1. The lowest BCUT2D eigenvalue weighted by molar-refractivity contribution is -0.274. The highest BCUT2D eigenvalue weighted by Crippen LogP contribution is 2.24. The first kappa shape index (κ1) is 25.0. The minimum atomic E-state index is -4.77. The molecule has 11 heteroatoms. The normalized spacial score (nSPS) is 13.3. The highest BCUT2D eigenvalue weighted by atomic mass is 127. The van der Waals surface area contributed by atoms with Crippen LogP contribution in [0, 0.1) is 0 Å². The average Bonchev–Trinajstić information content (AvgIpc) is 2.62. The number of halogens is 4. The van der Waals surface area contributed by atoms with Crippen molar-refractivity contribution in [2.24, 2.45) is 10.7 Å². The first-order chi connectivity index (χ1) is 13.1. The molecule has 1 atom stereocenters. The number of nitrogens with two attached hydrogens (primary N) is 1. The molecule has 0 bridgehead atoms. The van der Waals surface area contributed by atoms with Crippen LogP contribution in [0.5, 0.6) is 5.75 Å². The van der Waals surface area contributed by atoms with E-state index >= 15 is 0 Å². The standard InChI is InChI=1S/C18H20F3N3O3S.HI/c1-2-13(12-28(25,26)16-6-4-3-5-7-16)23-17(22)24-14-8-10-15(11-9-14)27-18(19,20)21;/h3-11,13H,2,12H2,1H3,(H3,22,23,24);1H. The number of hydrogen-bond donors (Lipinski definition) is 2. The Hall–Kier alpha value is -2.02. The smallest absolute Gasteiger partial charge is 0.406 e. The number of nitrogens with zero attached hydrogens (tertiary/aromatic N) is 1. The van der Waals surface area contributed by atoms with Gasteiger partial charge >= 0.3 is 6.36 Å². The summed E-state index contributed by atoms with van der Waals surface area (Å²) < 4.78 is 65.2. The van der Waals surface area contributed by atoms with Gasteiger partial charge in [0.2, 0.25) is 0 Å². The quantitative estimate of drug-likeness (QED) is 0.311. The number of anilines is 1. The largest absolute Gasteiger partial charge is 0.573 e. The van der Waals surface area contributed by atoms with Crippen molar-refractivity contribution in [2.75, 3.05) is 11.1 Å². The molecule has 29 heavy (non-hydrogen) atoms. The molecular formula is C18H21F3IN3O3S. The van der Waals surface area contributed by atoms with Crippen LogP contribution >= 0.6 is 24.0 Å². The van der Waals surface area contributed by atoms with Gasteiger partial charge < -0.3 is 15.8 Å². The topological polar surface area (TPSA) is 93.8 Å². The van der Waals surface area contributed by atoms with Crippen LogP contribution in [0.2, 0.25) is 0 Å². The van der Waals surface area contributed by atoms with Crippen molar-refractivity contribution in [1.82, 2.24) is 0 Å². The monoisotopic (exact) mass is 543 g/mol. The predicted molar refractivity (Wildman–Crippen MR) is 116 cm³/mol. The lowest BCUT2D eigenvalue weighted by Crippen LogP contribution is -2.28. The highest BCUT2D eigenvalue weighted by Gasteiger charge is 2.31. The number of alkyl halides is 3. The van der Waals surface area contributed by atoms with Crippen LogP contribution < -0.4 is 15.8 Å². The summed E-state index contributed by atoms with van der Waals surface area (Å²) in [5, 5.41) is 2.72. The summed E-state index contributed by atoms with van der Waals surface area (Å²) >= 11 is 0. The van der Waals surface area contributed by atoms with E-state index in [1.165, 1.54) is 24.3 Å². The summed E-state index contributed by atoms with van der Waals surface area (Å²) in [5.74, 6) is -0.623. The number of nitrogens with one attached hydrogen (secondary N) is 1. The number of rotatable bonds is 7. The third-order valence-electron chi connectivity index (χ3n) is 3.67. The lowest BCUT2D eigenvalue weighted by Gasteiger charge is -2.14. The fourth-order valence-corrected chi connectivity index (χ4v) is 3.92. The number of hydrogen-bond acceptors (Lipinski definition) is 4. The zero-order valence-corrected chi connectivity index (χ0v) is 18.5. The van der Waals surface area contributed by atoms with Crippen LogP contribution in [0.3, 0.4) is 0 Å². The number of benzene rings is 2. The first-order valence-corrected chi connectivity index (χ1v) is 9.98. The van der Waals surface area contributed by atoms with Crippen LogP contribution in [0.4, 0.5) is 18.9 Å². The maximum Gasteiger partial charge on any atom is 0.573 e. The van der Waals surface area contributed by atoms with Crippen molar-refractivity contribution >= 4 is 45.5 Å². The molecule has 6 nitrogen and oxygen atoms in total. The first-order valence-electron chi connectivity index (χ1n) is 8.33. The molecule has 0 aliphatic rings. The molecule has 0 fully saturated rings. The molecule has 0 aliphatic carbocycles. The van der Waals surface area contributed by atoms with Gasteiger partial charge in [-0.25, -0.2) is 13.4 Å². The second-order valence-electron chi connectivity index (χ2n) is 5.87. The van der Waals surface area contributed by atoms with Crippen LogP contribution in [0.15, 0.2) is 64.5 Å².